The topological polar surface area (TPSA) is 14.2 Å². The lowest BCUT2D eigenvalue weighted by Gasteiger charge is -2.41. The van der Waals surface area contributed by atoms with Crippen molar-refractivity contribution in [3.05, 3.63) is 23.5 Å². The second-order valence-corrected chi connectivity index (χ2v) is 4.44. The van der Waals surface area contributed by atoms with E-state index in [1.165, 1.54) is 30.7 Å². The second-order valence-electron chi connectivity index (χ2n) is 4.44. The minimum atomic E-state index is 0.133. The van der Waals surface area contributed by atoms with Crippen molar-refractivity contribution in [2.75, 3.05) is 7.11 Å². The summed E-state index contributed by atoms with van der Waals surface area (Å²) in [4.78, 5) is 0. The molecule has 1 aliphatic rings. The number of methoxy groups -OCH3 is 1. The molecule has 0 aromatic carbocycles. The summed E-state index contributed by atoms with van der Waals surface area (Å²) in [5.74, 6) is 0. The first-order valence-corrected chi connectivity index (χ1v) is 5.35. The minimum absolute atomic E-state index is 0.133. The summed E-state index contributed by atoms with van der Waals surface area (Å²) in [5, 5.41) is 0. The zero-order valence-electron chi connectivity index (χ0n) is 9.34. The SMILES string of the molecule is COC1(Cn2c(C)ccc2C)CCC1. The molecule has 0 bridgehead atoms. The molecule has 0 unspecified atom stereocenters. The maximum Gasteiger partial charge on any atom is 0.0856 e. The first kappa shape index (κ1) is 9.78. The number of aromatic nitrogens is 1. The van der Waals surface area contributed by atoms with E-state index in [0.717, 1.165) is 6.54 Å². The molecule has 78 valence electrons. The molecule has 1 saturated carbocycles. The highest BCUT2D eigenvalue weighted by Crippen LogP contribution is 2.37. The lowest BCUT2D eigenvalue weighted by molar-refractivity contribution is -0.0840. The van der Waals surface area contributed by atoms with Crippen molar-refractivity contribution < 1.29 is 4.74 Å². The van der Waals surface area contributed by atoms with Crippen LogP contribution in [0.4, 0.5) is 0 Å². The van der Waals surface area contributed by atoms with E-state index >= 15 is 0 Å². The quantitative estimate of drug-likeness (QED) is 0.720. The predicted octanol–water partition coefficient (Wildman–Crippen LogP) is 2.67. The van der Waals surface area contributed by atoms with Gasteiger partial charge in [0.15, 0.2) is 0 Å². The van der Waals surface area contributed by atoms with E-state index < -0.39 is 0 Å². The van der Waals surface area contributed by atoms with Crippen LogP contribution in [0.1, 0.15) is 30.7 Å². The summed E-state index contributed by atoms with van der Waals surface area (Å²) in [7, 11) is 1.84. The molecular formula is C12H19NO. The highest BCUT2D eigenvalue weighted by Gasteiger charge is 2.37. The van der Waals surface area contributed by atoms with Gasteiger partial charge in [0.1, 0.15) is 0 Å². The molecule has 1 aliphatic carbocycles. The fourth-order valence-corrected chi connectivity index (χ4v) is 2.23. The molecule has 0 spiro atoms. The Morgan fingerprint density at radius 3 is 2.21 bits per heavy atom. The van der Waals surface area contributed by atoms with Crippen molar-refractivity contribution in [2.24, 2.45) is 0 Å². The number of nitrogens with zero attached hydrogens (tertiary/aromatic N) is 1. The first-order chi connectivity index (χ1) is 6.67. The molecule has 0 saturated heterocycles. The molecule has 1 fully saturated rings. The number of rotatable bonds is 3. The number of hydrogen-bond acceptors (Lipinski definition) is 1. The van der Waals surface area contributed by atoms with Crippen LogP contribution in [-0.4, -0.2) is 17.3 Å². The Hall–Kier alpha value is -0.760. The minimum Gasteiger partial charge on any atom is -0.376 e. The highest BCUT2D eigenvalue weighted by atomic mass is 16.5. The van der Waals surface area contributed by atoms with Crippen molar-refractivity contribution in [3.8, 4) is 0 Å². The predicted molar refractivity (Wildman–Crippen MR) is 57.5 cm³/mol. The second kappa shape index (κ2) is 3.43. The van der Waals surface area contributed by atoms with Crippen LogP contribution in [-0.2, 0) is 11.3 Å². The van der Waals surface area contributed by atoms with E-state index in [-0.39, 0.29) is 5.60 Å². The van der Waals surface area contributed by atoms with Gasteiger partial charge in [0.05, 0.1) is 12.1 Å². The largest absolute Gasteiger partial charge is 0.376 e. The lowest BCUT2D eigenvalue weighted by atomic mass is 9.80. The van der Waals surface area contributed by atoms with Gasteiger partial charge >= 0.3 is 0 Å². The van der Waals surface area contributed by atoms with E-state index in [0.29, 0.717) is 0 Å². The third-order valence-corrected chi connectivity index (χ3v) is 3.56. The molecule has 14 heavy (non-hydrogen) atoms. The Labute approximate surface area is 85.9 Å². The normalized spacial score (nSPS) is 19.4. The van der Waals surface area contributed by atoms with Crippen molar-refractivity contribution in [3.63, 3.8) is 0 Å². The van der Waals surface area contributed by atoms with Crippen LogP contribution in [0, 0.1) is 13.8 Å². The van der Waals surface area contributed by atoms with Gasteiger partial charge in [-0.05, 0) is 45.2 Å². The molecule has 0 atom stereocenters. The third kappa shape index (κ3) is 1.48. The molecule has 1 aromatic rings. The molecule has 0 amide bonds. The van der Waals surface area contributed by atoms with Gasteiger partial charge in [-0.15, -0.1) is 0 Å². The average Bonchev–Trinajstić information content (AvgIpc) is 2.41. The van der Waals surface area contributed by atoms with Gasteiger partial charge < -0.3 is 9.30 Å². The van der Waals surface area contributed by atoms with Gasteiger partial charge in [-0.1, -0.05) is 0 Å². The van der Waals surface area contributed by atoms with Crippen LogP contribution in [0.2, 0.25) is 0 Å². The highest BCUT2D eigenvalue weighted by molar-refractivity contribution is 5.14. The lowest BCUT2D eigenvalue weighted by Crippen LogP contribution is -2.43. The summed E-state index contributed by atoms with van der Waals surface area (Å²) >= 11 is 0. The Morgan fingerprint density at radius 1 is 1.29 bits per heavy atom. The van der Waals surface area contributed by atoms with Crippen molar-refractivity contribution in [1.82, 2.24) is 4.57 Å². The molecule has 0 radical (unpaired) electrons. The summed E-state index contributed by atoms with van der Waals surface area (Å²) in [6.07, 6.45) is 3.73. The Balaban J connectivity index is 2.17. The number of ether oxygens (including phenoxy) is 1. The maximum absolute atomic E-state index is 5.64. The summed E-state index contributed by atoms with van der Waals surface area (Å²) in [6.45, 7) is 5.35. The third-order valence-electron chi connectivity index (χ3n) is 3.56. The van der Waals surface area contributed by atoms with E-state index in [2.05, 4.69) is 30.5 Å². The van der Waals surface area contributed by atoms with Crippen molar-refractivity contribution in [2.45, 2.75) is 45.3 Å². The smallest absolute Gasteiger partial charge is 0.0856 e. The Morgan fingerprint density at radius 2 is 1.86 bits per heavy atom. The first-order valence-electron chi connectivity index (χ1n) is 5.35. The van der Waals surface area contributed by atoms with Crippen LogP contribution < -0.4 is 0 Å². The number of hydrogen-bond donors (Lipinski definition) is 0. The molecule has 1 heterocycles. The van der Waals surface area contributed by atoms with E-state index in [1.807, 2.05) is 7.11 Å². The molecule has 2 nitrogen and oxygen atoms in total. The Kier molecular flexibility index (Phi) is 2.40. The molecular weight excluding hydrogens is 174 g/mol. The van der Waals surface area contributed by atoms with Gasteiger partial charge in [0.2, 0.25) is 0 Å². The molecule has 2 rings (SSSR count). The zero-order valence-corrected chi connectivity index (χ0v) is 9.34. The van der Waals surface area contributed by atoms with Gasteiger partial charge in [0, 0.05) is 18.5 Å². The Bertz CT molecular complexity index is 298. The monoisotopic (exact) mass is 193 g/mol. The van der Waals surface area contributed by atoms with Gasteiger partial charge in [-0.2, -0.15) is 0 Å². The van der Waals surface area contributed by atoms with Gasteiger partial charge in [-0.3, -0.25) is 0 Å². The fourth-order valence-electron chi connectivity index (χ4n) is 2.23. The summed E-state index contributed by atoms with van der Waals surface area (Å²) in [5.41, 5.74) is 2.81. The van der Waals surface area contributed by atoms with Crippen molar-refractivity contribution in [1.29, 1.82) is 0 Å². The standard InChI is InChI=1S/C12H19NO/c1-10-5-6-11(2)13(10)9-12(14-3)7-4-8-12/h5-6H,4,7-9H2,1-3H3. The fraction of sp³-hybridized carbons (Fsp3) is 0.667. The van der Waals surface area contributed by atoms with Crippen LogP contribution in [0.25, 0.3) is 0 Å². The summed E-state index contributed by atoms with van der Waals surface area (Å²) < 4.78 is 8.00. The zero-order chi connectivity index (χ0) is 10.2. The maximum atomic E-state index is 5.64. The van der Waals surface area contributed by atoms with Crippen LogP contribution >= 0.6 is 0 Å². The van der Waals surface area contributed by atoms with E-state index in [9.17, 15) is 0 Å². The molecule has 0 aliphatic heterocycles. The van der Waals surface area contributed by atoms with E-state index in [4.69, 9.17) is 4.74 Å². The van der Waals surface area contributed by atoms with Gasteiger partial charge in [0.25, 0.3) is 0 Å². The van der Waals surface area contributed by atoms with E-state index in [1.54, 1.807) is 0 Å². The van der Waals surface area contributed by atoms with Gasteiger partial charge in [-0.25, -0.2) is 0 Å². The molecule has 2 heteroatoms. The van der Waals surface area contributed by atoms with Crippen LogP contribution in [0.15, 0.2) is 12.1 Å². The average molecular weight is 193 g/mol. The number of aryl methyl sites for hydroxylation is 2. The molecule has 0 N–H and O–H groups in total. The van der Waals surface area contributed by atoms with Crippen LogP contribution in [0.5, 0.6) is 0 Å². The molecule has 1 aromatic heterocycles. The van der Waals surface area contributed by atoms with Crippen LogP contribution in [0.3, 0.4) is 0 Å². The van der Waals surface area contributed by atoms with Crippen molar-refractivity contribution >= 4 is 0 Å². The summed E-state index contributed by atoms with van der Waals surface area (Å²) in [6, 6.07) is 4.36.